The highest BCUT2D eigenvalue weighted by molar-refractivity contribution is 5.71. The first-order valence-corrected chi connectivity index (χ1v) is 1.90. The molecule has 0 aromatic heterocycles. The Morgan fingerprint density at radius 2 is 2.43 bits per heavy atom. The Bertz CT molecular complexity index is 87.7. The van der Waals surface area contributed by atoms with Crippen LogP contribution in [0.1, 0.15) is 6.92 Å². The molecular weight excluding hydrogens is 92.1 g/mol. The van der Waals surface area contributed by atoms with Crippen molar-refractivity contribution in [1.82, 2.24) is 11.1 Å². The smallest absolute Gasteiger partial charge is 0.314 e. The molecule has 0 saturated heterocycles. The number of amides is 2. The van der Waals surface area contributed by atoms with Crippen molar-refractivity contribution < 1.29 is 4.79 Å². The van der Waals surface area contributed by atoms with Crippen molar-refractivity contribution in [2.75, 3.05) is 0 Å². The summed E-state index contributed by atoms with van der Waals surface area (Å²) in [5, 5.41) is 2.14. The van der Waals surface area contributed by atoms with Crippen molar-refractivity contribution in [3.8, 4) is 0 Å². The second-order valence-electron chi connectivity index (χ2n) is 0.973. The normalized spacial score (nSPS) is 9.29. The summed E-state index contributed by atoms with van der Waals surface area (Å²) < 4.78 is 0. The summed E-state index contributed by atoms with van der Waals surface area (Å²) in [6.07, 6.45) is 3.06. The minimum absolute atomic E-state index is 0.780. The summed E-state index contributed by atoms with van der Waals surface area (Å²) in [7, 11) is 0. The zero-order valence-electron chi connectivity index (χ0n) is 4.06. The highest BCUT2D eigenvalue weighted by Gasteiger charge is 1.79. The molecule has 3 nitrogen and oxygen atoms in total. The molecule has 0 atom stereocenters. The van der Waals surface area contributed by atoms with Crippen LogP contribution in [0.4, 0.5) is 4.79 Å². The van der Waals surface area contributed by atoms with Crippen molar-refractivity contribution in [2.24, 2.45) is 0 Å². The molecule has 1 radical (unpaired) electrons. The van der Waals surface area contributed by atoms with E-state index in [0.29, 0.717) is 0 Å². The summed E-state index contributed by atoms with van der Waals surface area (Å²) in [6, 6.07) is -0.780. The van der Waals surface area contributed by atoms with Gasteiger partial charge in [-0.3, -0.25) is 0 Å². The summed E-state index contributed by atoms with van der Waals surface area (Å²) in [4.78, 5) is 9.71. The maximum atomic E-state index is 9.71. The Morgan fingerprint density at radius 3 is 2.57 bits per heavy atom. The molecule has 0 bridgehead atoms. The molecule has 2 amide bonds. The average molecular weight is 99.1 g/mol. The predicted molar refractivity (Wildman–Crippen MR) is 26.4 cm³/mol. The summed E-state index contributed by atoms with van der Waals surface area (Å²) in [5.41, 5.74) is 6.28. The Balaban J connectivity index is 3.14. The van der Waals surface area contributed by atoms with Gasteiger partial charge in [-0.25, -0.2) is 10.5 Å². The molecule has 0 aliphatic carbocycles. The lowest BCUT2D eigenvalue weighted by atomic mass is 10.7. The highest BCUT2D eigenvalue weighted by atomic mass is 16.2. The van der Waals surface area contributed by atoms with Gasteiger partial charge in [0.1, 0.15) is 0 Å². The van der Waals surface area contributed by atoms with Crippen LogP contribution in [0.3, 0.4) is 0 Å². The van der Waals surface area contributed by atoms with E-state index in [-0.39, 0.29) is 0 Å². The van der Waals surface area contributed by atoms with E-state index in [4.69, 9.17) is 5.73 Å². The molecule has 0 aliphatic rings. The van der Waals surface area contributed by atoms with E-state index in [0.717, 1.165) is 0 Å². The molecule has 7 heavy (non-hydrogen) atoms. The molecule has 0 aromatic carbocycles. The van der Waals surface area contributed by atoms with Crippen molar-refractivity contribution in [2.45, 2.75) is 6.92 Å². The monoisotopic (exact) mass is 99.1 g/mol. The van der Waals surface area contributed by atoms with Crippen molar-refractivity contribution in [3.63, 3.8) is 0 Å². The molecule has 0 rings (SSSR count). The molecule has 2 N–H and O–H groups in total. The highest BCUT2D eigenvalue weighted by Crippen LogP contribution is 1.61. The fraction of sp³-hybridized carbons (Fsp3) is 0.250. The zero-order chi connectivity index (χ0) is 5.70. The van der Waals surface area contributed by atoms with Crippen LogP contribution in [0.25, 0.3) is 0 Å². The van der Waals surface area contributed by atoms with Gasteiger partial charge in [-0.2, -0.15) is 0 Å². The molecule has 0 aromatic rings. The van der Waals surface area contributed by atoms with Gasteiger partial charge in [0, 0.05) is 6.20 Å². The quantitative estimate of drug-likeness (QED) is 0.511. The number of hydrogen-bond acceptors (Lipinski definition) is 1. The minimum Gasteiger partial charge on any atom is -0.314 e. The van der Waals surface area contributed by atoms with Crippen LogP contribution in [0.15, 0.2) is 12.3 Å². The van der Waals surface area contributed by atoms with Crippen LogP contribution in [-0.4, -0.2) is 6.03 Å². The molecule has 0 unspecified atom stereocenters. The van der Waals surface area contributed by atoms with Gasteiger partial charge in [-0.15, -0.1) is 0 Å². The largest absolute Gasteiger partial charge is 0.337 e. The SMILES string of the molecule is CC=CNC([NH])=O. The number of allylic oxidation sites excluding steroid dienone is 1. The van der Waals surface area contributed by atoms with E-state index < -0.39 is 6.03 Å². The van der Waals surface area contributed by atoms with Gasteiger partial charge < -0.3 is 5.32 Å². The van der Waals surface area contributed by atoms with E-state index in [1.807, 2.05) is 0 Å². The number of urea groups is 1. The number of hydrogen-bond donors (Lipinski definition) is 1. The van der Waals surface area contributed by atoms with E-state index in [1.54, 1.807) is 13.0 Å². The van der Waals surface area contributed by atoms with Crippen LogP contribution in [0, 0.1) is 0 Å². The maximum absolute atomic E-state index is 9.71. The van der Waals surface area contributed by atoms with Gasteiger partial charge in [0.25, 0.3) is 0 Å². The summed E-state index contributed by atoms with van der Waals surface area (Å²) >= 11 is 0. The summed E-state index contributed by atoms with van der Waals surface area (Å²) in [5.74, 6) is 0. The maximum Gasteiger partial charge on any atom is 0.337 e. The third kappa shape index (κ3) is 5.01. The van der Waals surface area contributed by atoms with Crippen LogP contribution in [0.2, 0.25) is 0 Å². The van der Waals surface area contributed by atoms with Gasteiger partial charge in [0.05, 0.1) is 0 Å². The van der Waals surface area contributed by atoms with Gasteiger partial charge in [0.2, 0.25) is 0 Å². The topological polar surface area (TPSA) is 52.9 Å². The predicted octanol–water partition coefficient (Wildman–Crippen LogP) is 0.513. The molecule has 39 valence electrons. The van der Waals surface area contributed by atoms with Gasteiger partial charge in [-0.1, -0.05) is 6.08 Å². The van der Waals surface area contributed by atoms with E-state index in [1.165, 1.54) is 6.20 Å². The molecule has 3 heteroatoms. The molecule has 0 heterocycles. The fourth-order valence-corrected chi connectivity index (χ4v) is 0.159. The average Bonchev–Trinajstić information content (AvgIpc) is 1.61. The second-order valence-corrected chi connectivity index (χ2v) is 0.973. The van der Waals surface area contributed by atoms with E-state index >= 15 is 0 Å². The number of rotatable bonds is 1. The van der Waals surface area contributed by atoms with E-state index in [9.17, 15) is 4.79 Å². The number of nitrogens with one attached hydrogen (secondary N) is 2. The first-order valence-electron chi connectivity index (χ1n) is 1.90. The Labute approximate surface area is 42.2 Å². The van der Waals surface area contributed by atoms with Gasteiger partial charge in [0.15, 0.2) is 0 Å². The molecule has 0 fully saturated rings. The van der Waals surface area contributed by atoms with Gasteiger partial charge >= 0.3 is 6.03 Å². The van der Waals surface area contributed by atoms with Crippen LogP contribution < -0.4 is 11.1 Å². The first-order chi connectivity index (χ1) is 3.27. The minimum atomic E-state index is -0.780. The number of carbonyl (C=O) groups is 1. The Morgan fingerprint density at radius 1 is 1.86 bits per heavy atom. The lowest BCUT2D eigenvalue weighted by molar-refractivity contribution is 0.251. The van der Waals surface area contributed by atoms with Crippen LogP contribution >= 0.6 is 0 Å². The van der Waals surface area contributed by atoms with Crippen LogP contribution in [-0.2, 0) is 0 Å². The Hall–Kier alpha value is -0.990. The Kier molecular flexibility index (Phi) is 2.76. The van der Waals surface area contributed by atoms with Gasteiger partial charge in [-0.05, 0) is 6.92 Å². The zero-order valence-corrected chi connectivity index (χ0v) is 4.06. The lowest BCUT2D eigenvalue weighted by Gasteiger charge is -1.83. The van der Waals surface area contributed by atoms with Crippen LogP contribution in [0.5, 0.6) is 0 Å². The van der Waals surface area contributed by atoms with Crippen molar-refractivity contribution in [3.05, 3.63) is 12.3 Å². The lowest BCUT2D eigenvalue weighted by Crippen LogP contribution is -2.14. The summed E-state index contributed by atoms with van der Waals surface area (Å²) in [6.45, 7) is 1.76. The molecule has 0 aliphatic heterocycles. The first kappa shape index (κ1) is 6.01. The van der Waals surface area contributed by atoms with Crippen molar-refractivity contribution >= 4 is 6.03 Å². The third-order valence-electron chi connectivity index (χ3n) is 0.381. The molecule has 0 saturated carbocycles. The van der Waals surface area contributed by atoms with Crippen molar-refractivity contribution in [1.29, 1.82) is 0 Å². The fourth-order valence-electron chi connectivity index (χ4n) is 0.159. The number of carbonyl (C=O) groups excluding carboxylic acids is 1. The standard InChI is InChI=1S/C4H7N2O/c1-2-3-6-4(5)7/h2-3,5H,1H3,(H,6,7). The third-order valence-corrected chi connectivity index (χ3v) is 0.381. The van der Waals surface area contributed by atoms with E-state index in [2.05, 4.69) is 5.32 Å². The second kappa shape index (κ2) is 3.21. The molecular formula is C4H7N2O. The molecule has 0 spiro atoms.